The van der Waals surface area contributed by atoms with Gasteiger partial charge in [-0.15, -0.1) is 0 Å². The lowest BCUT2D eigenvalue weighted by Gasteiger charge is -2.38. The fraction of sp³-hybridized carbons (Fsp3) is 0.611. The van der Waals surface area contributed by atoms with Gasteiger partial charge >= 0.3 is 5.97 Å². The van der Waals surface area contributed by atoms with Gasteiger partial charge in [0, 0.05) is 0 Å². The molecule has 0 aliphatic heterocycles. The van der Waals surface area contributed by atoms with Crippen molar-refractivity contribution < 1.29 is 14.6 Å². The minimum absolute atomic E-state index is 0.325. The molecule has 3 nitrogen and oxygen atoms in total. The van der Waals surface area contributed by atoms with Crippen molar-refractivity contribution in [2.45, 2.75) is 56.7 Å². The summed E-state index contributed by atoms with van der Waals surface area (Å²) in [6, 6.07) is 9.04. The molecular formula is C18H26O3S. The first-order valence-corrected chi connectivity index (χ1v) is 9.52. The predicted octanol–water partition coefficient (Wildman–Crippen LogP) is 4.05. The molecule has 1 aliphatic carbocycles. The summed E-state index contributed by atoms with van der Waals surface area (Å²) in [4.78, 5) is 12.3. The SMILES string of the molecule is CSCCCC(OC(=O)c1ccccc1)C1(O)CCCCC1. The van der Waals surface area contributed by atoms with Gasteiger partial charge in [0.05, 0.1) is 5.56 Å². The van der Waals surface area contributed by atoms with Gasteiger partial charge in [0.2, 0.25) is 0 Å². The van der Waals surface area contributed by atoms with Crippen LogP contribution in [0.1, 0.15) is 55.3 Å². The Morgan fingerprint density at radius 3 is 2.59 bits per heavy atom. The number of thioether (sulfide) groups is 1. The Kier molecular flexibility index (Phi) is 6.77. The number of aliphatic hydroxyl groups is 1. The van der Waals surface area contributed by atoms with Crippen LogP contribution in [0, 0.1) is 0 Å². The van der Waals surface area contributed by atoms with E-state index < -0.39 is 11.7 Å². The standard InChI is InChI=1S/C18H26O3S/c1-22-14-8-11-16(18(20)12-6-3-7-13-18)21-17(19)15-9-4-2-5-10-15/h2,4-5,9-10,16,20H,3,6-8,11-14H2,1H3. The summed E-state index contributed by atoms with van der Waals surface area (Å²) in [5.74, 6) is 0.698. The minimum atomic E-state index is -0.846. The van der Waals surface area contributed by atoms with Gasteiger partial charge in [-0.25, -0.2) is 4.79 Å². The monoisotopic (exact) mass is 322 g/mol. The molecule has 22 heavy (non-hydrogen) atoms. The zero-order valence-electron chi connectivity index (χ0n) is 13.3. The molecule has 0 spiro atoms. The van der Waals surface area contributed by atoms with Crippen molar-refractivity contribution in [3.05, 3.63) is 35.9 Å². The maximum Gasteiger partial charge on any atom is 0.338 e. The fourth-order valence-corrected chi connectivity index (χ4v) is 3.56. The summed E-state index contributed by atoms with van der Waals surface area (Å²) in [7, 11) is 0. The van der Waals surface area contributed by atoms with Crippen LogP contribution in [0.2, 0.25) is 0 Å². The van der Waals surface area contributed by atoms with Crippen molar-refractivity contribution in [2.75, 3.05) is 12.0 Å². The van der Waals surface area contributed by atoms with Crippen LogP contribution < -0.4 is 0 Å². The lowest BCUT2D eigenvalue weighted by Crippen LogP contribution is -2.46. The molecule has 4 heteroatoms. The summed E-state index contributed by atoms with van der Waals surface area (Å²) < 4.78 is 5.73. The molecule has 1 aromatic carbocycles. The Labute approximate surface area is 137 Å². The Morgan fingerprint density at radius 2 is 1.95 bits per heavy atom. The molecule has 0 heterocycles. The van der Waals surface area contributed by atoms with Crippen LogP contribution in [0.3, 0.4) is 0 Å². The second-order valence-corrected chi connectivity index (χ2v) is 7.04. The van der Waals surface area contributed by atoms with Gasteiger partial charge in [-0.1, -0.05) is 37.5 Å². The highest BCUT2D eigenvalue weighted by atomic mass is 32.2. The highest BCUT2D eigenvalue weighted by Gasteiger charge is 2.40. The lowest BCUT2D eigenvalue weighted by atomic mass is 9.79. The second-order valence-electron chi connectivity index (χ2n) is 6.06. The third-order valence-electron chi connectivity index (χ3n) is 4.39. The summed E-state index contributed by atoms with van der Waals surface area (Å²) in [5.41, 5.74) is -0.294. The molecule has 1 fully saturated rings. The molecule has 0 radical (unpaired) electrons. The summed E-state index contributed by atoms with van der Waals surface area (Å²) in [5, 5.41) is 10.9. The van der Waals surface area contributed by atoms with Crippen LogP contribution in [0.15, 0.2) is 30.3 Å². The van der Waals surface area contributed by atoms with Gasteiger partial charge in [-0.2, -0.15) is 11.8 Å². The van der Waals surface area contributed by atoms with Gasteiger partial charge in [0.25, 0.3) is 0 Å². The van der Waals surface area contributed by atoms with E-state index in [9.17, 15) is 9.90 Å². The number of hydrogen-bond acceptors (Lipinski definition) is 4. The highest BCUT2D eigenvalue weighted by molar-refractivity contribution is 7.98. The number of ether oxygens (including phenoxy) is 1. The normalized spacial score (nSPS) is 18.6. The molecule has 1 atom stereocenters. The minimum Gasteiger partial charge on any atom is -0.456 e. The van der Waals surface area contributed by atoms with Crippen molar-refractivity contribution in [2.24, 2.45) is 0 Å². The number of carbonyl (C=O) groups excluding carboxylic acids is 1. The van der Waals surface area contributed by atoms with Crippen LogP contribution in [0.25, 0.3) is 0 Å². The first-order valence-electron chi connectivity index (χ1n) is 8.13. The van der Waals surface area contributed by atoms with Gasteiger partial charge in [0.1, 0.15) is 11.7 Å². The van der Waals surface area contributed by atoms with E-state index in [0.717, 1.165) is 50.7 Å². The van der Waals surface area contributed by atoms with Crippen molar-refractivity contribution in [1.82, 2.24) is 0 Å². The highest BCUT2D eigenvalue weighted by Crippen LogP contribution is 2.34. The summed E-state index contributed by atoms with van der Waals surface area (Å²) in [6.45, 7) is 0. The van der Waals surface area contributed by atoms with E-state index in [-0.39, 0.29) is 5.97 Å². The molecule has 1 saturated carbocycles. The van der Waals surface area contributed by atoms with Crippen LogP contribution in [0.5, 0.6) is 0 Å². The number of benzene rings is 1. The van der Waals surface area contributed by atoms with Gasteiger partial charge in [0.15, 0.2) is 0 Å². The lowest BCUT2D eigenvalue weighted by molar-refractivity contribution is -0.107. The van der Waals surface area contributed by atoms with E-state index in [1.807, 2.05) is 18.2 Å². The summed E-state index contributed by atoms with van der Waals surface area (Å²) in [6.07, 6.45) is 8.01. The van der Waals surface area contributed by atoms with E-state index in [0.29, 0.717) is 5.56 Å². The van der Waals surface area contributed by atoms with Crippen molar-refractivity contribution in [1.29, 1.82) is 0 Å². The van der Waals surface area contributed by atoms with E-state index in [4.69, 9.17) is 4.74 Å². The number of carbonyl (C=O) groups is 1. The molecule has 0 amide bonds. The molecule has 122 valence electrons. The third kappa shape index (κ3) is 4.75. The molecule has 0 aromatic heterocycles. The number of rotatable bonds is 7. The van der Waals surface area contributed by atoms with Crippen molar-refractivity contribution in [3.8, 4) is 0 Å². The predicted molar refractivity (Wildman–Crippen MR) is 91.3 cm³/mol. The summed E-state index contributed by atoms with van der Waals surface area (Å²) >= 11 is 1.78. The van der Waals surface area contributed by atoms with Crippen molar-refractivity contribution >= 4 is 17.7 Å². The smallest absolute Gasteiger partial charge is 0.338 e. The quantitative estimate of drug-likeness (QED) is 0.607. The average molecular weight is 322 g/mol. The molecule has 1 aliphatic rings. The maximum atomic E-state index is 12.3. The van der Waals surface area contributed by atoms with Gasteiger partial charge < -0.3 is 9.84 Å². The number of hydrogen-bond donors (Lipinski definition) is 1. The fourth-order valence-electron chi connectivity index (χ4n) is 3.11. The Bertz CT molecular complexity index is 455. The Hall–Kier alpha value is -1.00. The van der Waals surface area contributed by atoms with Crippen LogP contribution in [-0.2, 0) is 4.74 Å². The molecule has 0 bridgehead atoms. The molecule has 2 rings (SSSR count). The molecule has 0 saturated heterocycles. The molecule has 1 N–H and O–H groups in total. The van der Waals surface area contributed by atoms with E-state index in [1.54, 1.807) is 23.9 Å². The number of esters is 1. The van der Waals surface area contributed by atoms with Gasteiger partial charge in [-0.3, -0.25) is 0 Å². The Balaban J connectivity index is 2.05. The Morgan fingerprint density at radius 1 is 1.27 bits per heavy atom. The topological polar surface area (TPSA) is 46.5 Å². The van der Waals surface area contributed by atoms with E-state index >= 15 is 0 Å². The first-order chi connectivity index (χ1) is 10.7. The zero-order chi connectivity index (χ0) is 15.8. The van der Waals surface area contributed by atoms with E-state index in [1.165, 1.54) is 0 Å². The van der Waals surface area contributed by atoms with Crippen LogP contribution in [-0.4, -0.2) is 34.8 Å². The average Bonchev–Trinajstić information content (AvgIpc) is 2.55. The second kappa shape index (κ2) is 8.59. The molecular weight excluding hydrogens is 296 g/mol. The maximum absolute atomic E-state index is 12.3. The van der Waals surface area contributed by atoms with Crippen molar-refractivity contribution in [3.63, 3.8) is 0 Å². The van der Waals surface area contributed by atoms with Crippen LogP contribution in [0.4, 0.5) is 0 Å². The molecule has 1 aromatic rings. The van der Waals surface area contributed by atoms with Gasteiger partial charge in [-0.05, 0) is 49.8 Å². The zero-order valence-corrected chi connectivity index (χ0v) is 14.1. The molecule has 1 unspecified atom stereocenters. The third-order valence-corrected chi connectivity index (χ3v) is 5.09. The first kappa shape index (κ1) is 17.4. The largest absolute Gasteiger partial charge is 0.456 e. The van der Waals surface area contributed by atoms with Crippen LogP contribution >= 0.6 is 11.8 Å². The van der Waals surface area contributed by atoms with E-state index in [2.05, 4.69) is 6.26 Å².